The van der Waals surface area contributed by atoms with Gasteiger partial charge in [-0.05, 0) is 43.5 Å². The number of likely N-dealkylation sites (tertiary alicyclic amines) is 1. The summed E-state index contributed by atoms with van der Waals surface area (Å²) in [5.74, 6) is 0.131. The van der Waals surface area contributed by atoms with Crippen LogP contribution in [0.1, 0.15) is 36.4 Å². The van der Waals surface area contributed by atoms with E-state index in [1.54, 1.807) is 0 Å². The van der Waals surface area contributed by atoms with E-state index < -0.39 is 0 Å². The number of benzene rings is 2. The SMILES string of the molecule is O=C(CCc1ccccc1)N[C@H](CN1CCCC1)c1ccccc1. The largest absolute Gasteiger partial charge is 0.348 e. The Morgan fingerprint density at radius 1 is 0.958 bits per heavy atom. The Bertz CT molecular complexity index is 621. The molecule has 3 heteroatoms. The first-order valence-corrected chi connectivity index (χ1v) is 8.92. The lowest BCUT2D eigenvalue weighted by Gasteiger charge is -2.25. The first kappa shape index (κ1) is 16.7. The van der Waals surface area contributed by atoms with Gasteiger partial charge in [-0.2, -0.15) is 0 Å². The maximum Gasteiger partial charge on any atom is 0.220 e. The lowest BCUT2D eigenvalue weighted by Crippen LogP contribution is -2.37. The van der Waals surface area contributed by atoms with Crippen LogP contribution in [-0.4, -0.2) is 30.4 Å². The summed E-state index contributed by atoms with van der Waals surface area (Å²) in [6.45, 7) is 3.19. The third-order valence-corrected chi connectivity index (χ3v) is 4.66. The van der Waals surface area contributed by atoms with Gasteiger partial charge in [0.15, 0.2) is 0 Å². The molecule has 1 amide bonds. The zero-order valence-corrected chi connectivity index (χ0v) is 14.2. The summed E-state index contributed by atoms with van der Waals surface area (Å²) < 4.78 is 0. The number of aryl methyl sites for hydroxylation is 1. The van der Waals surface area contributed by atoms with Crippen LogP contribution in [0.25, 0.3) is 0 Å². The smallest absolute Gasteiger partial charge is 0.220 e. The molecule has 1 heterocycles. The van der Waals surface area contributed by atoms with Gasteiger partial charge in [0.2, 0.25) is 5.91 Å². The van der Waals surface area contributed by atoms with E-state index in [0.717, 1.165) is 26.1 Å². The monoisotopic (exact) mass is 322 g/mol. The summed E-state index contributed by atoms with van der Waals surface area (Å²) >= 11 is 0. The molecule has 0 bridgehead atoms. The average Bonchev–Trinajstić information content (AvgIpc) is 3.14. The molecule has 1 atom stereocenters. The summed E-state index contributed by atoms with van der Waals surface area (Å²) in [6.07, 6.45) is 3.86. The molecule has 2 aromatic rings. The van der Waals surface area contributed by atoms with Gasteiger partial charge in [-0.3, -0.25) is 4.79 Å². The Hall–Kier alpha value is -2.13. The number of hydrogen-bond acceptors (Lipinski definition) is 2. The first-order valence-electron chi connectivity index (χ1n) is 8.92. The van der Waals surface area contributed by atoms with E-state index in [2.05, 4.69) is 34.5 Å². The molecule has 0 saturated carbocycles. The zero-order chi connectivity index (χ0) is 16.6. The molecule has 3 nitrogen and oxygen atoms in total. The lowest BCUT2D eigenvalue weighted by molar-refractivity contribution is -0.121. The predicted molar refractivity (Wildman–Crippen MR) is 97.8 cm³/mol. The molecule has 1 aliphatic rings. The van der Waals surface area contributed by atoms with Crippen LogP contribution in [0.15, 0.2) is 60.7 Å². The zero-order valence-electron chi connectivity index (χ0n) is 14.2. The Morgan fingerprint density at radius 3 is 2.25 bits per heavy atom. The second-order valence-corrected chi connectivity index (χ2v) is 6.52. The van der Waals surface area contributed by atoms with Gasteiger partial charge >= 0.3 is 0 Å². The minimum atomic E-state index is 0.0765. The molecule has 1 aliphatic heterocycles. The molecule has 1 N–H and O–H groups in total. The topological polar surface area (TPSA) is 32.3 Å². The Morgan fingerprint density at radius 2 is 1.58 bits per heavy atom. The van der Waals surface area contributed by atoms with E-state index in [1.165, 1.54) is 24.0 Å². The second-order valence-electron chi connectivity index (χ2n) is 6.52. The van der Waals surface area contributed by atoms with Gasteiger partial charge in [0, 0.05) is 13.0 Å². The number of amides is 1. The van der Waals surface area contributed by atoms with Crippen LogP contribution in [0.5, 0.6) is 0 Å². The van der Waals surface area contributed by atoms with Crippen molar-refractivity contribution < 1.29 is 4.79 Å². The summed E-state index contributed by atoms with van der Waals surface area (Å²) in [7, 11) is 0. The maximum atomic E-state index is 12.4. The van der Waals surface area contributed by atoms with Crippen molar-refractivity contribution in [1.29, 1.82) is 0 Å². The van der Waals surface area contributed by atoms with Crippen molar-refractivity contribution in [2.24, 2.45) is 0 Å². The van der Waals surface area contributed by atoms with Gasteiger partial charge in [-0.25, -0.2) is 0 Å². The number of nitrogens with zero attached hydrogens (tertiary/aromatic N) is 1. The minimum Gasteiger partial charge on any atom is -0.348 e. The molecule has 0 aliphatic carbocycles. The van der Waals surface area contributed by atoms with Crippen molar-refractivity contribution in [2.45, 2.75) is 31.7 Å². The standard InChI is InChI=1S/C21H26N2O/c24-21(14-13-18-9-3-1-4-10-18)22-20(17-23-15-7-8-16-23)19-11-5-2-6-12-19/h1-6,9-12,20H,7-8,13-17H2,(H,22,24)/t20-/m1/s1. The van der Waals surface area contributed by atoms with Crippen LogP contribution < -0.4 is 5.32 Å². The third-order valence-electron chi connectivity index (χ3n) is 4.66. The van der Waals surface area contributed by atoms with Crippen molar-refractivity contribution in [3.05, 3.63) is 71.8 Å². The molecule has 3 rings (SSSR count). The van der Waals surface area contributed by atoms with Crippen molar-refractivity contribution in [3.63, 3.8) is 0 Å². The normalized spacial score (nSPS) is 16.0. The van der Waals surface area contributed by atoms with E-state index in [1.807, 2.05) is 36.4 Å². The molecule has 2 aromatic carbocycles. The molecule has 24 heavy (non-hydrogen) atoms. The average molecular weight is 322 g/mol. The Kier molecular flexibility index (Phi) is 6.02. The highest BCUT2D eigenvalue weighted by Crippen LogP contribution is 2.18. The molecule has 1 fully saturated rings. The van der Waals surface area contributed by atoms with Crippen LogP contribution in [0.4, 0.5) is 0 Å². The van der Waals surface area contributed by atoms with Crippen molar-refractivity contribution in [3.8, 4) is 0 Å². The number of hydrogen-bond donors (Lipinski definition) is 1. The lowest BCUT2D eigenvalue weighted by atomic mass is 10.1. The summed E-state index contributed by atoms with van der Waals surface area (Å²) in [6, 6.07) is 20.6. The quantitative estimate of drug-likeness (QED) is 0.845. The fourth-order valence-corrected chi connectivity index (χ4v) is 3.31. The highest BCUT2D eigenvalue weighted by Gasteiger charge is 2.20. The van der Waals surface area contributed by atoms with Crippen LogP contribution >= 0.6 is 0 Å². The van der Waals surface area contributed by atoms with E-state index in [0.29, 0.717) is 6.42 Å². The number of nitrogens with one attached hydrogen (secondary N) is 1. The fraction of sp³-hybridized carbons (Fsp3) is 0.381. The van der Waals surface area contributed by atoms with Crippen molar-refractivity contribution in [1.82, 2.24) is 10.2 Å². The first-order chi connectivity index (χ1) is 11.8. The van der Waals surface area contributed by atoms with Crippen LogP contribution in [-0.2, 0) is 11.2 Å². The second kappa shape index (κ2) is 8.65. The highest BCUT2D eigenvalue weighted by atomic mass is 16.1. The molecule has 0 aromatic heterocycles. The van der Waals surface area contributed by atoms with Crippen molar-refractivity contribution in [2.75, 3.05) is 19.6 Å². The summed E-state index contributed by atoms with van der Waals surface area (Å²) in [4.78, 5) is 14.9. The van der Waals surface area contributed by atoms with E-state index >= 15 is 0 Å². The summed E-state index contributed by atoms with van der Waals surface area (Å²) in [5, 5.41) is 3.25. The van der Waals surface area contributed by atoms with Gasteiger partial charge < -0.3 is 10.2 Å². The maximum absolute atomic E-state index is 12.4. The van der Waals surface area contributed by atoms with Gasteiger partial charge in [0.25, 0.3) is 0 Å². The number of carbonyl (C=O) groups excluding carboxylic acids is 1. The Labute approximate surface area is 144 Å². The fourth-order valence-electron chi connectivity index (χ4n) is 3.31. The van der Waals surface area contributed by atoms with Crippen LogP contribution in [0.3, 0.4) is 0 Å². The molecular weight excluding hydrogens is 296 g/mol. The molecule has 0 radical (unpaired) electrons. The van der Waals surface area contributed by atoms with Gasteiger partial charge in [-0.1, -0.05) is 60.7 Å². The van der Waals surface area contributed by atoms with Gasteiger partial charge in [0.05, 0.1) is 6.04 Å². The van der Waals surface area contributed by atoms with E-state index in [4.69, 9.17) is 0 Å². The number of carbonyl (C=O) groups is 1. The molecule has 1 saturated heterocycles. The summed E-state index contributed by atoms with van der Waals surface area (Å²) in [5.41, 5.74) is 2.40. The molecule has 0 unspecified atom stereocenters. The van der Waals surface area contributed by atoms with Crippen molar-refractivity contribution >= 4 is 5.91 Å². The minimum absolute atomic E-state index is 0.0765. The molecular formula is C21H26N2O. The number of rotatable bonds is 7. The highest BCUT2D eigenvalue weighted by molar-refractivity contribution is 5.76. The third kappa shape index (κ3) is 4.93. The molecule has 126 valence electrons. The van der Waals surface area contributed by atoms with Crippen LogP contribution in [0, 0.1) is 0 Å². The predicted octanol–water partition coefficient (Wildman–Crippen LogP) is 3.57. The van der Waals surface area contributed by atoms with E-state index in [-0.39, 0.29) is 11.9 Å². The van der Waals surface area contributed by atoms with Crippen LogP contribution in [0.2, 0.25) is 0 Å². The molecule has 0 spiro atoms. The van der Waals surface area contributed by atoms with Gasteiger partial charge in [-0.15, -0.1) is 0 Å². The van der Waals surface area contributed by atoms with Gasteiger partial charge in [0.1, 0.15) is 0 Å². The van der Waals surface area contributed by atoms with E-state index in [9.17, 15) is 4.79 Å². The Balaban J connectivity index is 1.59.